The number of carbonyl (C=O) groups is 3. The average molecular weight is 504 g/mol. The molecule has 3 aromatic heterocycles. The fraction of sp³-hybridized carbons (Fsp3) is 0.429. The van der Waals surface area contributed by atoms with Gasteiger partial charge in [0, 0.05) is 56.5 Å². The number of likely N-dealkylation sites (tertiary alicyclic amines) is 2. The van der Waals surface area contributed by atoms with Gasteiger partial charge in [0.1, 0.15) is 0 Å². The van der Waals surface area contributed by atoms with Crippen LogP contribution < -0.4 is 5.32 Å². The van der Waals surface area contributed by atoms with Crippen LogP contribution in [0.2, 0.25) is 0 Å². The lowest BCUT2D eigenvalue weighted by atomic mass is 9.78. The standard InChI is InChI=1S/C28H33N5O4/c1-20-16-23(21(2)33(20)18-22-5-10-29-11-6-22)27(36)32-14-9-28(19-32)7-12-31(13-8-28)25(34)17-30-26(35)24-4-3-15-37-24/h3-6,10-11,15-16H,7-9,12-14,17-19H2,1-2H3,(H,30,35). The predicted octanol–water partition coefficient (Wildman–Crippen LogP) is 3.03. The summed E-state index contributed by atoms with van der Waals surface area (Å²) in [5.41, 5.74) is 4.02. The molecule has 9 nitrogen and oxygen atoms in total. The summed E-state index contributed by atoms with van der Waals surface area (Å²) in [5.74, 6) is -0.205. The van der Waals surface area contributed by atoms with Crippen LogP contribution in [0.25, 0.3) is 0 Å². The molecule has 9 heteroatoms. The van der Waals surface area contributed by atoms with Gasteiger partial charge in [0.2, 0.25) is 5.91 Å². The number of pyridine rings is 1. The average Bonchev–Trinajstić information content (AvgIpc) is 3.65. The highest BCUT2D eigenvalue weighted by Crippen LogP contribution is 2.41. The van der Waals surface area contributed by atoms with E-state index in [2.05, 4.69) is 14.9 Å². The minimum Gasteiger partial charge on any atom is -0.459 e. The van der Waals surface area contributed by atoms with Crippen molar-refractivity contribution in [3.8, 4) is 0 Å². The number of aryl methyl sites for hydroxylation is 1. The van der Waals surface area contributed by atoms with Gasteiger partial charge in [-0.15, -0.1) is 0 Å². The number of hydrogen-bond donors (Lipinski definition) is 1. The first-order chi connectivity index (χ1) is 17.8. The first-order valence-corrected chi connectivity index (χ1v) is 12.8. The first kappa shape index (κ1) is 24.8. The van der Waals surface area contributed by atoms with Gasteiger partial charge in [0.05, 0.1) is 18.4 Å². The van der Waals surface area contributed by atoms with Gasteiger partial charge < -0.3 is 24.1 Å². The SMILES string of the molecule is Cc1cc(C(=O)N2CCC3(CCN(C(=O)CNC(=O)c4ccco4)CC3)C2)c(C)n1Cc1ccncc1. The molecule has 2 aliphatic rings. The lowest BCUT2D eigenvalue weighted by molar-refractivity contribution is -0.132. The summed E-state index contributed by atoms with van der Waals surface area (Å²) in [5, 5.41) is 2.63. The molecule has 3 amide bonds. The summed E-state index contributed by atoms with van der Waals surface area (Å²) < 4.78 is 7.25. The van der Waals surface area contributed by atoms with Crippen LogP contribution >= 0.6 is 0 Å². The lowest BCUT2D eigenvalue weighted by Gasteiger charge is -2.39. The molecule has 2 fully saturated rings. The number of piperidine rings is 1. The molecule has 37 heavy (non-hydrogen) atoms. The number of carbonyl (C=O) groups excluding carboxylic acids is 3. The number of rotatable bonds is 6. The molecule has 0 radical (unpaired) electrons. The topological polar surface area (TPSA) is 101 Å². The quantitative estimate of drug-likeness (QED) is 0.557. The minimum atomic E-state index is -0.392. The maximum absolute atomic E-state index is 13.5. The van der Waals surface area contributed by atoms with Crippen molar-refractivity contribution in [3.05, 3.63) is 77.3 Å². The maximum Gasteiger partial charge on any atom is 0.287 e. The highest BCUT2D eigenvalue weighted by Gasteiger charge is 2.43. The third-order valence-electron chi connectivity index (χ3n) is 7.94. The molecular weight excluding hydrogens is 470 g/mol. The molecule has 1 spiro atoms. The van der Waals surface area contributed by atoms with Crippen LogP contribution in [-0.4, -0.2) is 69.8 Å². The highest BCUT2D eigenvalue weighted by atomic mass is 16.3. The van der Waals surface area contributed by atoms with E-state index in [9.17, 15) is 14.4 Å². The van der Waals surface area contributed by atoms with E-state index >= 15 is 0 Å². The molecule has 1 N–H and O–H groups in total. The molecule has 0 bridgehead atoms. The van der Waals surface area contributed by atoms with Crippen molar-refractivity contribution in [2.24, 2.45) is 5.41 Å². The van der Waals surface area contributed by atoms with Crippen LogP contribution in [0, 0.1) is 19.3 Å². The van der Waals surface area contributed by atoms with Gasteiger partial charge in [-0.25, -0.2) is 0 Å². The largest absolute Gasteiger partial charge is 0.459 e. The zero-order chi connectivity index (χ0) is 26.0. The van der Waals surface area contributed by atoms with E-state index in [1.54, 1.807) is 24.5 Å². The van der Waals surface area contributed by atoms with Crippen LogP contribution in [0.4, 0.5) is 0 Å². The predicted molar refractivity (Wildman–Crippen MR) is 137 cm³/mol. The van der Waals surface area contributed by atoms with Crippen molar-refractivity contribution < 1.29 is 18.8 Å². The summed E-state index contributed by atoms with van der Waals surface area (Å²) in [4.78, 5) is 46.1. The van der Waals surface area contributed by atoms with Crippen molar-refractivity contribution in [1.29, 1.82) is 0 Å². The van der Waals surface area contributed by atoms with E-state index in [1.165, 1.54) is 6.26 Å². The lowest BCUT2D eigenvalue weighted by Crippen LogP contribution is -2.47. The van der Waals surface area contributed by atoms with Crippen molar-refractivity contribution in [2.75, 3.05) is 32.7 Å². The Labute approximate surface area is 216 Å². The molecule has 194 valence electrons. The Kier molecular flexibility index (Phi) is 6.86. The maximum atomic E-state index is 13.5. The number of nitrogens with zero attached hydrogens (tertiary/aromatic N) is 4. The zero-order valence-electron chi connectivity index (χ0n) is 21.4. The summed E-state index contributed by atoms with van der Waals surface area (Å²) in [6, 6.07) is 9.19. The van der Waals surface area contributed by atoms with E-state index in [4.69, 9.17) is 4.42 Å². The Morgan fingerprint density at radius 1 is 1.03 bits per heavy atom. The Balaban J connectivity index is 1.16. The Morgan fingerprint density at radius 2 is 1.73 bits per heavy atom. The molecule has 2 aliphatic heterocycles. The molecule has 0 atom stereocenters. The fourth-order valence-electron chi connectivity index (χ4n) is 5.61. The second kappa shape index (κ2) is 10.2. The third-order valence-corrected chi connectivity index (χ3v) is 7.94. The number of furan rings is 1. The van der Waals surface area contributed by atoms with Crippen molar-refractivity contribution in [2.45, 2.75) is 39.7 Å². The second-order valence-electron chi connectivity index (χ2n) is 10.2. The van der Waals surface area contributed by atoms with Crippen LogP contribution in [-0.2, 0) is 11.3 Å². The molecule has 0 aromatic carbocycles. The van der Waals surface area contributed by atoms with E-state index in [0.717, 1.165) is 54.9 Å². The summed E-state index contributed by atoms with van der Waals surface area (Å²) in [6.45, 7) is 7.45. The van der Waals surface area contributed by atoms with Gasteiger partial charge >= 0.3 is 0 Å². The van der Waals surface area contributed by atoms with Gasteiger partial charge in [-0.2, -0.15) is 0 Å². The van der Waals surface area contributed by atoms with Gasteiger partial charge in [-0.05, 0) is 74.4 Å². The number of aromatic nitrogens is 2. The molecule has 0 saturated carbocycles. The molecule has 5 rings (SSSR count). The molecule has 5 heterocycles. The molecule has 3 aromatic rings. The van der Waals surface area contributed by atoms with E-state index in [-0.39, 0.29) is 29.5 Å². The third kappa shape index (κ3) is 5.16. The second-order valence-corrected chi connectivity index (χ2v) is 10.2. The zero-order valence-corrected chi connectivity index (χ0v) is 21.4. The summed E-state index contributed by atoms with van der Waals surface area (Å²) in [6.07, 6.45) is 7.67. The van der Waals surface area contributed by atoms with E-state index in [1.807, 2.05) is 41.8 Å². The minimum absolute atomic E-state index is 0.0480. The van der Waals surface area contributed by atoms with Crippen molar-refractivity contribution in [3.63, 3.8) is 0 Å². The normalized spacial score (nSPS) is 16.8. The highest BCUT2D eigenvalue weighted by molar-refractivity contribution is 5.96. The monoisotopic (exact) mass is 503 g/mol. The number of nitrogens with one attached hydrogen (secondary N) is 1. The van der Waals surface area contributed by atoms with Gasteiger partial charge in [-0.3, -0.25) is 19.4 Å². The summed E-state index contributed by atoms with van der Waals surface area (Å²) >= 11 is 0. The van der Waals surface area contributed by atoms with E-state index in [0.29, 0.717) is 19.6 Å². The Hall–Kier alpha value is -3.88. The molecule has 0 aliphatic carbocycles. The number of hydrogen-bond acceptors (Lipinski definition) is 5. The van der Waals surface area contributed by atoms with Crippen molar-refractivity contribution in [1.82, 2.24) is 24.7 Å². The van der Waals surface area contributed by atoms with Gasteiger partial charge in [-0.1, -0.05) is 0 Å². The Morgan fingerprint density at radius 3 is 2.41 bits per heavy atom. The van der Waals surface area contributed by atoms with Crippen LogP contribution in [0.1, 0.15) is 57.1 Å². The molecular formula is C28H33N5O4. The summed E-state index contributed by atoms with van der Waals surface area (Å²) in [7, 11) is 0. The smallest absolute Gasteiger partial charge is 0.287 e. The van der Waals surface area contributed by atoms with Crippen molar-refractivity contribution >= 4 is 17.7 Å². The van der Waals surface area contributed by atoms with Gasteiger partial charge in [0.15, 0.2) is 5.76 Å². The van der Waals surface area contributed by atoms with E-state index < -0.39 is 5.91 Å². The molecule has 2 saturated heterocycles. The van der Waals surface area contributed by atoms with Crippen LogP contribution in [0.15, 0.2) is 53.4 Å². The van der Waals surface area contributed by atoms with Crippen LogP contribution in [0.5, 0.6) is 0 Å². The molecule has 0 unspecified atom stereocenters. The van der Waals surface area contributed by atoms with Gasteiger partial charge in [0.25, 0.3) is 11.8 Å². The Bertz CT molecular complexity index is 1270. The van der Waals surface area contributed by atoms with Crippen LogP contribution in [0.3, 0.4) is 0 Å². The first-order valence-electron chi connectivity index (χ1n) is 12.8. The number of amides is 3. The fourth-order valence-corrected chi connectivity index (χ4v) is 5.61.